The number of hydrogen-bond acceptors (Lipinski definition) is 3. The SMILES string of the molecule is CN1CCC(Nc2ccc(C(=O)N(C)C)cc2)C1. The lowest BCUT2D eigenvalue weighted by atomic mass is 10.1. The molecule has 4 nitrogen and oxygen atoms in total. The zero-order valence-corrected chi connectivity index (χ0v) is 11.3. The third-order valence-electron chi connectivity index (χ3n) is 3.30. The number of hydrogen-bond donors (Lipinski definition) is 1. The van der Waals surface area contributed by atoms with Crippen molar-refractivity contribution >= 4 is 11.6 Å². The molecular formula is C14H21N3O. The number of carbonyl (C=O) groups excluding carboxylic acids is 1. The van der Waals surface area contributed by atoms with E-state index >= 15 is 0 Å². The number of likely N-dealkylation sites (N-methyl/N-ethyl adjacent to an activating group) is 1. The molecule has 2 rings (SSSR count). The van der Waals surface area contributed by atoms with Crippen molar-refractivity contribution in [2.24, 2.45) is 0 Å². The molecule has 0 aromatic heterocycles. The molecule has 1 N–H and O–H groups in total. The molecule has 0 spiro atoms. The van der Waals surface area contributed by atoms with Gasteiger partial charge in [-0.25, -0.2) is 0 Å². The van der Waals surface area contributed by atoms with Crippen LogP contribution in [0.15, 0.2) is 24.3 Å². The molecular weight excluding hydrogens is 226 g/mol. The van der Waals surface area contributed by atoms with Crippen LogP contribution in [0.1, 0.15) is 16.8 Å². The summed E-state index contributed by atoms with van der Waals surface area (Å²) in [6.07, 6.45) is 1.18. The molecule has 18 heavy (non-hydrogen) atoms. The van der Waals surface area contributed by atoms with Crippen molar-refractivity contribution in [1.82, 2.24) is 9.80 Å². The molecule has 98 valence electrons. The van der Waals surface area contributed by atoms with Crippen molar-refractivity contribution in [3.63, 3.8) is 0 Å². The fraction of sp³-hybridized carbons (Fsp3) is 0.500. The van der Waals surface area contributed by atoms with Crippen LogP contribution in [0.3, 0.4) is 0 Å². The van der Waals surface area contributed by atoms with Gasteiger partial charge >= 0.3 is 0 Å². The van der Waals surface area contributed by atoms with E-state index in [1.165, 1.54) is 6.42 Å². The molecule has 1 unspecified atom stereocenters. The average molecular weight is 247 g/mol. The molecule has 1 saturated heterocycles. The maximum atomic E-state index is 11.7. The number of amides is 1. The van der Waals surface area contributed by atoms with Crippen LogP contribution in [0, 0.1) is 0 Å². The van der Waals surface area contributed by atoms with Gasteiger partial charge in [-0.2, -0.15) is 0 Å². The lowest BCUT2D eigenvalue weighted by Gasteiger charge is -2.15. The van der Waals surface area contributed by atoms with E-state index in [0.29, 0.717) is 6.04 Å². The molecule has 0 aliphatic carbocycles. The Hall–Kier alpha value is -1.55. The van der Waals surface area contributed by atoms with Gasteiger partial charge in [0.2, 0.25) is 0 Å². The smallest absolute Gasteiger partial charge is 0.253 e. The van der Waals surface area contributed by atoms with Crippen LogP contribution in [0.4, 0.5) is 5.69 Å². The first kappa shape index (κ1) is 12.9. The normalized spacial score (nSPS) is 19.8. The molecule has 0 bridgehead atoms. The summed E-state index contributed by atoms with van der Waals surface area (Å²) < 4.78 is 0. The van der Waals surface area contributed by atoms with Gasteiger partial charge in [-0.3, -0.25) is 4.79 Å². The van der Waals surface area contributed by atoms with E-state index in [9.17, 15) is 4.79 Å². The van der Waals surface area contributed by atoms with E-state index in [1.54, 1.807) is 19.0 Å². The summed E-state index contributed by atoms with van der Waals surface area (Å²) in [7, 11) is 5.67. The molecule has 1 aromatic rings. The Morgan fingerprint density at radius 3 is 2.50 bits per heavy atom. The number of carbonyl (C=O) groups is 1. The van der Waals surface area contributed by atoms with Gasteiger partial charge < -0.3 is 15.1 Å². The lowest BCUT2D eigenvalue weighted by Crippen LogP contribution is -2.24. The Morgan fingerprint density at radius 2 is 2.00 bits per heavy atom. The Kier molecular flexibility index (Phi) is 3.87. The molecule has 1 aliphatic heterocycles. The highest BCUT2D eigenvalue weighted by Gasteiger charge is 2.18. The Balaban J connectivity index is 1.97. The number of nitrogens with one attached hydrogen (secondary N) is 1. The summed E-state index contributed by atoms with van der Waals surface area (Å²) in [5.74, 6) is 0.0437. The van der Waals surface area contributed by atoms with Crippen molar-refractivity contribution in [1.29, 1.82) is 0 Å². The maximum Gasteiger partial charge on any atom is 0.253 e. The number of anilines is 1. The number of rotatable bonds is 3. The molecule has 1 amide bonds. The van der Waals surface area contributed by atoms with Crippen LogP contribution in [-0.4, -0.2) is 56.0 Å². The average Bonchev–Trinajstić information content (AvgIpc) is 2.75. The Labute approximate surface area is 109 Å². The third kappa shape index (κ3) is 3.01. The second-order valence-electron chi connectivity index (χ2n) is 5.17. The standard InChI is InChI=1S/C14H21N3O/c1-16(2)14(18)11-4-6-12(7-5-11)15-13-8-9-17(3)10-13/h4-7,13,15H,8-10H2,1-3H3. The number of likely N-dealkylation sites (tertiary alicyclic amines) is 1. The highest BCUT2D eigenvalue weighted by Crippen LogP contribution is 2.16. The van der Waals surface area contributed by atoms with E-state index < -0.39 is 0 Å². The van der Waals surface area contributed by atoms with Crippen LogP contribution in [-0.2, 0) is 0 Å². The van der Waals surface area contributed by atoms with Crippen molar-refractivity contribution in [2.45, 2.75) is 12.5 Å². The summed E-state index contributed by atoms with van der Waals surface area (Å²) in [5, 5.41) is 3.50. The predicted octanol–water partition coefficient (Wildman–Crippen LogP) is 1.50. The van der Waals surface area contributed by atoms with Gasteiger partial charge in [0.1, 0.15) is 0 Å². The van der Waals surface area contributed by atoms with Crippen LogP contribution in [0.2, 0.25) is 0 Å². The third-order valence-corrected chi connectivity index (χ3v) is 3.30. The van der Waals surface area contributed by atoms with Crippen molar-refractivity contribution in [3.05, 3.63) is 29.8 Å². The highest BCUT2D eigenvalue weighted by molar-refractivity contribution is 5.94. The second kappa shape index (κ2) is 5.40. The van der Waals surface area contributed by atoms with Gasteiger partial charge in [-0.15, -0.1) is 0 Å². The van der Waals surface area contributed by atoms with Gasteiger partial charge in [-0.05, 0) is 44.3 Å². The van der Waals surface area contributed by atoms with Crippen molar-refractivity contribution < 1.29 is 4.79 Å². The Morgan fingerprint density at radius 1 is 1.33 bits per heavy atom. The monoisotopic (exact) mass is 247 g/mol. The van der Waals surface area contributed by atoms with Gasteiger partial charge in [0.05, 0.1) is 0 Å². The summed E-state index contributed by atoms with van der Waals surface area (Å²) in [6, 6.07) is 8.24. The molecule has 1 atom stereocenters. The predicted molar refractivity (Wildman–Crippen MR) is 74.0 cm³/mol. The van der Waals surface area contributed by atoms with Crippen molar-refractivity contribution in [2.75, 3.05) is 39.5 Å². The summed E-state index contributed by atoms with van der Waals surface area (Å²) in [5.41, 5.74) is 1.82. The zero-order chi connectivity index (χ0) is 13.1. The van der Waals surface area contributed by atoms with Crippen LogP contribution < -0.4 is 5.32 Å². The van der Waals surface area contributed by atoms with Crippen LogP contribution in [0.5, 0.6) is 0 Å². The summed E-state index contributed by atoms with van der Waals surface area (Å²) >= 11 is 0. The van der Waals surface area contributed by atoms with E-state index in [2.05, 4.69) is 17.3 Å². The van der Waals surface area contributed by atoms with Gasteiger partial charge in [0.15, 0.2) is 0 Å². The van der Waals surface area contributed by atoms with Gasteiger partial charge in [0, 0.05) is 37.9 Å². The van der Waals surface area contributed by atoms with Crippen LogP contribution >= 0.6 is 0 Å². The second-order valence-corrected chi connectivity index (χ2v) is 5.17. The topological polar surface area (TPSA) is 35.6 Å². The quantitative estimate of drug-likeness (QED) is 0.879. The zero-order valence-electron chi connectivity index (χ0n) is 11.3. The molecule has 1 aliphatic rings. The van der Waals surface area contributed by atoms with Gasteiger partial charge in [0.25, 0.3) is 5.91 Å². The number of nitrogens with zero attached hydrogens (tertiary/aromatic N) is 2. The number of benzene rings is 1. The van der Waals surface area contributed by atoms with E-state index in [1.807, 2.05) is 24.3 Å². The minimum atomic E-state index is 0.0437. The molecule has 1 heterocycles. The maximum absolute atomic E-state index is 11.7. The van der Waals surface area contributed by atoms with Crippen LogP contribution in [0.25, 0.3) is 0 Å². The van der Waals surface area contributed by atoms with E-state index in [0.717, 1.165) is 24.3 Å². The van der Waals surface area contributed by atoms with Gasteiger partial charge in [-0.1, -0.05) is 0 Å². The largest absolute Gasteiger partial charge is 0.381 e. The molecule has 0 radical (unpaired) electrons. The van der Waals surface area contributed by atoms with Crippen molar-refractivity contribution in [3.8, 4) is 0 Å². The Bertz CT molecular complexity index is 414. The fourth-order valence-corrected chi connectivity index (χ4v) is 2.26. The molecule has 1 aromatic carbocycles. The minimum Gasteiger partial charge on any atom is -0.381 e. The first-order chi connectivity index (χ1) is 8.56. The summed E-state index contributed by atoms with van der Waals surface area (Å²) in [4.78, 5) is 15.7. The summed E-state index contributed by atoms with van der Waals surface area (Å²) in [6.45, 7) is 2.23. The lowest BCUT2D eigenvalue weighted by molar-refractivity contribution is 0.0827. The van der Waals surface area contributed by atoms with E-state index in [-0.39, 0.29) is 5.91 Å². The fourth-order valence-electron chi connectivity index (χ4n) is 2.26. The molecule has 1 fully saturated rings. The highest BCUT2D eigenvalue weighted by atomic mass is 16.2. The molecule has 0 saturated carbocycles. The first-order valence-corrected chi connectivity index (χ1v) is 6.33. The van der Waals surface area contributed by atoms with E-state index in [4.69, 9.17) is 0 Å². The first-order valence-electron chi connectivity index (χ1n) is 6.33. The molecule has 4 heteroatoms. The minimum absolute atomic E-state index is 0.0437.